The van der Waals surface area contributed by atoms with Crippen molar-refractivity contribution in [2.45, 2.75) is 13.5 Å². The van der Waals surface area contributed by atoms with Gasteiger partial charge in [-0.15, -0.1) is 0 Å². The number of hydrogen-bond donors (Lipinski definition) is 0. The molecule has 4 rings (SSSR count). The summed E-state index contributed by atoms with van der Waals surface area (Å²) in [7, 11) is 0. The minimum Gasteiger partial charge on any atom is -0.246 e. The summed E-state index contributed by atoms with van der Waals surface area (Å²) in [5, 5.41) is 3.73. The first-order valence-corrected chi connectivity index (χ1v) is 7.53. The monoisotopic (exact) mass is 285 g/mol. The maximum atomic E-state index is 4.77. The average Bonchev–Trinajstić information content (AvgIpc) is 2.55. The highest BCUT2D eigenvalue weighted by atomic mass is 15.0. The first-order chi connectivity index (χ1) is 10.8. The van der Waals surface area contributed by atoms with Crippen LogP contribution < -0.4 is 4.57 Å². The van der Waals surface area contributed by atoms with E-state index in [9.17, 15) is 0 Å². The van der Waals surface area contributed by atoms with Crippen LogP contribution in [0.1, 0.15) is 11.4 Å². The highest BCUT2D eigenvalue weighted by Gasteiger charge is 2.10. The molecule has 0 unspecified atom stereocenters. The van der Waals surface area contributed by atoms with Gasteiger partial charge in [-0.3, -0.25) is 0 Å². The molecule has 0 fully saturated rings. The molecule has 0 spiro atoms. The van der Waals surface area contributed by atoms with Crippen molar-refractivity contribution in [1.82, 2.24) is 4.98 Å². The third-order valence-corrected chi connectivity index (χ3v) is 4.10. The molecule has 0 aliphatic rings. The lowest BCUT2D eigenvalue weighted by atomic mass is 10.1. The first kappa shape index (κ1) is 13.0. The smallest absolute Gasteiger partial charge is 0.190 e. The Morgan fingerprint density at radius 2 is 1.55 bits per heavy atom. The molecular weight excluding hydrogens is 268 g/mol. The second-order valence-electron chi connectivity index (χ2n) is 5.67. The van der Waals surface area contributed by atoms with E-state index in [1.54, 1.807) is 0 Å². The van der Waals surface area contributed by atoms with Crippen LogP contribution in [0.2, 0.25) is 0 Å². The van der Waals surface area contributed by atoms with Gasteiger partial charge in [0.15, 0.2) is 18.4 Å². The Labute approximate surface area is 129 Å². The van der Waals surface area contributed by atoms with E-state index in [1.807, 2.05) is 12.1 Å². The number of hydrogen-bond acceptors (Lipinski definition) is 1. The summed E-state index contributed by atoms with van der Waals surface area (Å²) < 4.78 is 2.26. The SMILES string of the molecule is Cc1cc2ccccc2c[n+]1Cc1ccc2ccccc2n1. The minimum absolute atomic E-state index is 0.793. The van der Waals surface area contributed by atoms with E-state index in [2.05, 4.69) is 72.3 Å². The van der Waals surface area contributed by atoms with Crippen LogP contribution in [-0.2, 0) is 6.54 Å². The topological polar surface area (TPSA) is 16.8 Å². The third kappa shape index (κ3) is 2.33. The Morgan fingerprint density at radius 3 is 2.41 bits per heavy atom. The molecule has 4 aromatic rings. The highest BCUT2D eigenvalue weighted by Crippen LogP contribution is 2.14. The number of pyridine rings is 2. The molecular formula is C20H17N2+. The second-order valence-corrected chi connectivity index (χ2v) is 5.67. The van der Waals surface area contributed by atoms with Gasteiger partial charge in [0.1, 0.15) is 5.69 Å². The number of nitrogens with zero attached hydrogens (tertiary/aromatic N) is 2. The molecule has 2 aromatic heterocycles. The number of benzene rings is 2. The zero-order chi connectivity index (χ0) is 14.9. The van der Waals surface area contributed by atoms with Crippen LogP contribution in [0.5, 0.6) is 0 Å². The molecule has 2 heteroatoms. The third-order valence-electron chi connectivity index (χ3n) is 4.10. The molecule has 22 heavy (non-hydrogen) atoms. The summed E-state index contributed by atoms with van der Waals surface area (Å²) >= 11 is 0. The predicted molar refractivity (Wildman–Crippen MR) is 89.7 cm³/mol. The zero-order valence-corrected chi connectivity index (χ0v) is 12.5. The van der Waals surface area contributed by atoms with Crippen molar-refractivity contribution < 1.29 is 4.57 Å². The van der Waals surface area contributed by atoms with Crippen LogP contribution in [0.15, 0.2) is 72.9 Å². The second kappa shape index (κ2) is 5.23. The molecule has 0 saturated carbocycles. The van der Waals surface area contributed by atoms with Gasteiger partial charge in [0.25, 0.3) is 0 Å². The van der Waals surface area contributed by atoms with E-state index in [1.165, 1.54) is 21.9 Å². The highest BCUT2D eigenvalue weighted by molar-refractivity contribution is 5.81. The number of rotatable bonds is 2. The molecule has 0 saturated heterocycles. The molecule has 2 heterocycles. The molecule has 2 nitrogen and oxygen atoms in total. The summed E-state index contributed by atoms with van der Waals surface area (Å²) in [6.07, 6.45) is 2.21. The quantitative estimate of drug-likeness (QED) is 0.508. The average molecular weight is 285 g/mol. The largest absolute Gasteiger partial charge is 0.246 e. The van der Waals surface area contributed by atoms with Crippen LogP contribution in [0, 0.1) is 6.92 Å². The van der Waals surface area contributed by atoms with Crippen molar-refractivity contribution in [1.29, 1.82) is 0 Å². The zero-order valence-electron chi connectivity index (χ0n) is 12.5. The number of para-hydroxylation sites is 1. The molecule has 0 bridgehead atoms. The van der Waals surface area contributed by atoms with Crippen LogP contribution in [0.3, 0.4) is 0 Å². The van der Waals surface area contributed by atoms with Gasteiger partial charge in [-0.05, 0) is 23.6 Å². The van der Waals surface area contributed by atoms with Gasteiger partial charge in [-0.2, -0.15) is 4.57 Å². The Morgan fingerprint density at radius 1 is 0.818 bits per heavy atom. The number of fused-ring (bicyclic) bond motifs is 2. The van der Waals surface area contributed by atoms with E-state index < -0.39 is 0 Å². The van der Waals surface area contributed by atoms with Gasteiger partial charge in [0.05, 0.1) is 5.52 Å². The van der Waals surface area contributed by atoms with E-state index >= 15 is 0 Å². The Balaban J connectivity index is 1.76. The van der Waals surface area contributed by atoms with Crippen LogP contribution in [0.25, 0.3) is 21.7 Å². The van der Waals surface area contributed by atoms with Gasteiger partial charge in [0, 0.05) is 23.8 Å². The lowest BCUT2D eigenvalue weighted by Gasteiger charge is -2.04. The predicted octanol–water partition coefficient (Wildman–Crippen LogP) is 4.03. The van der Waals surface area contributed by atoms with Crippen LogP contribution >= 0.6 is 0 Å². The lowest BCUT2D eigenvalue weighted by molar-refractivity contribution is -0.693. The van der Waals surface area contributed by atoms with E-state index in [0.29, 0.717) is 0 Å². The van der Waals surface area contributed by atoms with Gasteiger partial charge >= 0.3 is 0 Å². The standard InChI is InChI=1S/C20H17N2/c1-15-12-17-7-2-3-8-18(17)13-22(15)14-19-11-10-16-6-4-5-9-20(16)21-19/h2-13H,14H2,1H3/q+1. The normalized spacial score (nSPS) is 11.1. The van der Waals surface area contributed by atoms with Crippen LogP contribution in [-0.4, -0.2) is 4.98 Å². The minimum atomic E-state index is 0.793. The van der Waals surface area contributed by atoms with E-state index in [0.717, 1.165) is 17.8 Å². The van der Waals surface area contributed by atoms with E-state index in [4.69, 9.17) is 4.98 Å². The van der Waals surface area contributed by atoms with Crippen molar-refractivity contribution in [3.8, 4) is 0 Å². The summed E-state index contributed by atoms with van der Waals surface area (Å²) in [5.74, 6) is 0. The Kier molecular flexibility index (Phi) is 3.08. The van der Waals surface area contributed by atoms with Gasteiger partial charge in [0.2, 0.25) is 0 Å². The molecule has 0 amide bonds. The Bertz CT molecular complexity index is 973. The molecule has 0 N–H and O–H groups in total. The van der Waals surface area contributed by atoms with Gasteiger partial charge < -0.3 is 0 Å². The summed E-state index contributed by atoms with van der Waals surface area (Å²) in [6.45, 7) is 2.94. The van der Waals surface area contributed by atoms with Crippen molar-refractivity contribution in [2.75, 3.05) is 0 Å². The van der Waals surface area contributed by atoms with Crippen molar-refractivity contribution in [2.24, 2.45) is 0 Å². The molecule has 0 radical (unpaired) electrons. The van der Waals surface area contributed by atoms with Crippen LogP contribution in [0.4, 0.5) is 0 Å². The molecule has 0 atom stereocenters. The number of aromatic nitrogens is 2. The fourth-order valence-electron chi connectivity index (χ4n) is 2.88. The van der Waals surface area contributed by atoms with Gasteiger partial charge in [-0.1, -0.05) is 42.5 Å². The first-order valence-electron chi connectivity index (χ1n) is 7.53. The molecule has 2 aromatic carbocycles. The Hall–Kier alpha value is -2.74. The van der Waals surface area contributed by atoms with Gasteiger partial charge in [-0.25, -0.2) is 4.98 Å². The molecule has 106 valence electrons. The summed E-state index contributed by atoms with van der Waals surface area (Å²) in [5.41, 5.74) is 3.38. The maximum Gasteiger partial charge on any atom is 0.190 e. The molecule has 0 aliphatic heterocycles. The van der Waals surface area contributed by atoms with Crippen molar-refractivity contribution >= 4 is 21.7 Å². The number of aryl methyl sites for hydroxylation is 1. The van der Waals surface area contributed by atoms with E-state index in [-0.39, 0.29) is 0 Å². The summed E-state index contributed by atoms with van der Waals surface area (Å²) in [4.78, 5) is 4.77. The fourth-order valence-corrected chi connectivity index (χ4v) is 2.88. The van der Waals surface area contributed by atoms with Crippen molar-refractivity contribution in [3.63, 3.8) is 0 Å². The van der Waals surface area contributed by atoms with Crippen molar-refractivity contribution in [3.05, 3.63) is 84.3 Å². The lowest BCUT2D eigenvalue weighted by Crippen LogP contribution is -2.37. The molecule has 0 aliphatic carbocycles. The summed E-state index contributed by atoms with van der Waals surface area (Å²) in [6, 6.07) is 23.2. The fraction of sp³-hybridized carbons (Fsp3) is 0.100. The maximum absolute atomic E-state index is 4.77.